The fraction of sp³-hybridized carbons (Fsp3) is 0.400. The fourth-order valence-electron chi connectivity index (χ4n) is 1.96. The molecule has 7 heteroatoms. The van der Waals surface area contributed by atoms with Crippen molar-refractivity contribution in [3.8, 4) is 0 Å². The Balaban J connectivity index is 2.40. The van der Waals surface area contributed by atoms with Gasteiger partial charge in [-0.1, -0.05) is 12.1 Å². The SMILES string of the molecule is CC(NC(=O)CCCCC(=O)O)c1ccc(NC(N)=O)cc1. The van der Waals surface area contributed by atoms with Crippen molar-refractivity contribution in [3.63, 3.8) is 0 Å². The molecule has 0 bridgehead atoms. The third-order valence-electron chi connectivity index (χ3n) is 3.10. The second-order valence-corrected chi connectivity index (χ2v) is 5.00. The lowest BCUT2D eigenvalue weighted by molar-refractivity contribution is -0.137. The van der Waals surface area contributed by atoms with Gasteiger partial charge in [-0.05, 0) is 37.5 Å². The largest absolute Gasteiger partial charge is 0.481 e. The Bertz CT molecular complexity index is 528. The van der Waals surface area contributed by atoms with Crippen molar-refractivity contribution in [2.75, 3.05) is 5.32 Å². The number of carbonyl (C=O) groups is 3. The lowest BCUT2D eigenvalue weighted by Gasteiger charge is -2.15. The van der Waals surface area contributed by atoms with E-state index in [-0.39, 0.29) is 18.4 Å². The molecule has 1 atom stereocenters. The van der Waals surface area contributed by atoms with Crippen LogP contribution in [0.2, 0.25) is 0 Å². The number of hydrogen-bond acceptors (Lipinski definition) is 3. The Morgan fingerprint density at radius 3 is 2.27 bits per heavy atom. The molecule has 1 rings (SSSR count). The number of carboxylic acids is 1. The minimum absolute atomic E-state index is 0.0805. The third-order valence-corrected chi connectivity index (χ3v) is 3.10. The average Bonchev–Trinajstić information content (AvgIpc) is 2.43. The Kier molecular flexibility index (Phi) is 6.88. The number of anilines is 1. The molecule has 0 aliphatic carbocycles. The molecule has 120 valence electrons. The lowest BCUT2D eigenvalue weighted by atomic mass is 10.1. The maximum absolute atomic E-state index is 11.8. The Morgan fingerprint density at radius 1 is 1.14 bits per heavy atom. The molecule has 0 heterocycles. The number of rotatable bonds is 8. The Labute approximate surface area is 128 Å². The van der Waals surface area contributed by atoms with Crippen LogP contribution in [0.25, 0.3) is 0 Å². The van der Waals surface area contributed by atoms with Gasteiger partial charge in [-0.25, -0.2) is 4.79 Å². The summed E-state index contributed by atoms with van der Waals surface area (Å²) in [6.07, 6.45) is 1.42. The number of carbonyl (C=O) groups excluding carboxylic acids is 2. The van der Waals surface area contributed by atoms with Gasteiger partial charge in [0.15, 0.2) is 0 Å². The van der Waals surface area contributed by atoms with Crippen LogP contribution in [-0.4, -0.2) is 23.0 Å². The van der Waals surface area contributed by atoms with Crippen LogP contribution in [0.3, 0.4) is 0 Å². The van der Waals surface area contributed by atoms with E-state index in [1.165, 1.54) is 0 Å². The zero-order valence-electron chi connectivity index (χ0n) is 12.5. The van der Waals surface area contributed by atoms with Crippen molar-refractivity contribution < 1.29 is 19.5 Å². The lowest BCUT2D eigenvalue weighted by Crippen LogP contribution is -2.26. The van der Waals surface area contributed by atoms with Crippen molar-refractivity contribution in [3.05, 3.63) is 29.8 Å². The van der Waals surface area contributed by atoms with Crippen LogP contribution in [0.15, 0.2) is 24.3 Å². The number of carboxylic acid groups (broad SMARTS) is 1. The normalized spacial score (nSPS) is 11.5. The second kappa shape index (κ2) is 8.66. The van der Waals surface area contributed by atoms with Crippen molar-refractivity contribution in [1.29, 1.82) is 0 Å². The monoisotopic (exact) mass is 307 g/mol. The van der Waals surface area contributed by atoms with E-state index >= 15 is 0 Å². The van der Waals surface area contributed by atoms with Crippen LogP contribution in [0.4, 0.5) is 10.5 Å². The first-order valence-corrected chi connectivity index (χ1v) is 7.06. The summed E-state index contributed by atoms with van der Waals surface area (Å²) in [6, 6.07) is 6.19. The van der Waals surface area contributed by atoms with Gasteiger partial charge in [0.25, 0.3) is 0 Å². The van der Waals surface area contributed by atoms with Gasteiger partial charge >= 0.3 is 12.0 Å². The molecule has 5 N–H and O–H groups in total. The Morgan fingerprint density at radius 2 is 1.73 bits per heavy atom. The summed E-state index contributed by atoms with van der Waals surface area (Å²) >= 11 is 0. The first kappa shape index (κ1) is 17.5. The van der Waals surface area contributed by atoms with E-state index in [9.17, 15) is 14.4 Å². The summed E-state index contributed by atoms with van der Waals surface area (Å²) in [6.45, 7) is 1.85. The van der Waals surface area contributed by atoms with Gasteiger partial charge in [0.1, 0.15) is 0 Å². The number of nitrogens with one attached hydrogen (secondary N) is 2. The van der Waals surface area contributed by atoms with E-state index in [1.54, 1.807) is 24.3 Å². The molecule has 1 aromatic rings. The number of unbranched alkanes of at least 4 members (excludes halogenated alkanes) is 1. The zero-order chi connectivity index (χ0) is 16.5. The molecular weight excluding hydrogens is 286 g/mol. The van der Waals surface area contributed by atoms with E-state index in [0.29, 0.717) is 24.9 Å². The van der Waals surface area contributed by atoms with Crippen LogP contribution >= 0.6 is 0 Å². The molecule has 0 spiro atoms. The second-order valence-electron chi connectivity index (χ2n) is 5.00. The third kappa shape index (κ3) is 6.74. The van der Waals surface area contributed by atoms with Crippen molar-refractivity contribution in [2.24, 2.45) is 5.73 Å². The van der Waals surface area contributed by atoms with Crippen LogP contribution in [-0.2, 0) is 9.59 Å². The quantitative estimate of drug-likeness (QED) is 0.549. The van der Waals surface area contributed by atoms with Gasteiger partial charge in [0.2, 0.25) is 5.91 Å². The van der Waals surface area contributed by atoms with Gasteiger partial charge in [0.05, 0.1) is 6.04 Å². The molecule has 0 saturated heterocycles. The molecular formula is C15H21N3O4. The summed E-state index contributed by atoms with van der Waals surface area (Å²) in [5, 5.41) is 13.8. The predicted molar refractivity (Wildman–Crippen MR) is 82.3 cm³/mol. The number of amides is 3. The summed E-state index contributed by atoms with van der Waals surface area (Å²) in [5.41, 5.74) is 6.50. The van der Waals surface area contributed by atoms with Crippen molar-refractivity contribution in [1.82, 2.24) is 5.32 Å². The highest BCUT2D eigenvalue weighted by Crippen LogP contribution is 2.16. The minimum Gasteiger partial charge on any atom is -0.481 e. The molecule has 0 saturated carbocycles. The molecule has 0 aromatic heterocycles. The number of urea groups is 1. The maximum atomic E-state index is 11.8. The summed E-state index contributed by atoms with van der Waals surface area (Å²) < 4.78 is 0. The maximum Gasteiger partial charge on any atom is 0.316 e. The van der Waals surface area contributed by atoms with E-state index in [1.807, 2.05) is 6.92 Å². The molecule has 22 heavy (non-hydrogen) atoms. The standard InChI is InChI=1S/C15H21N3O4/c1-10(17-13(19)4-2-3-5-14(20)21)11-6-8-12(9-7-11)18-15(16)22/h6-10H,2-5H2,1H3,(H,17,19)(H,20,21)(H3,16,18,22). The van der Waals surface area contributed by atoms with E-state index in [4.69, 9.17) is 10.8 Å². The van der Waals surface area contributed by atoms with Crippen LogP contribution < -0.4 is 16.4 Å². The van der Waals surface area contributed by atoms with E-state index in [2.05, 4.69) is 10.6 Å². The predicted octanol–water partition coefficient (Wildman–Crippen LogP) is 2.00. The van der Waals surface area contributed by atoms with Crippen LogP contribution in [0.5, 0.6) is 0 Å². The van der Waals surface area contributed by atoms with E-state index < -0.39 is 12.0 Å². The minimum atomic E-state index is -0.849. The highest BCUT2D eigenvalue weighted by molar-refractivity contribution is 5.87. The van der Waals surface area contributed by atoms with Crippen LogP contribution in [0, 0.1) is 0 Å². The summed E-state index contributed by atoms with van der Waals surface area (Å²) in [7, 11) is 0. The number of benzene rings is 1. The number of aliphatic carboxylic acids is 1. The first-order chi connectivity index (χ1) is 10.4. The van der Waals surface area contributed by atoms with Gasteiger partial charge < -0.3 is 21.5 Å². The molecule has 7 nitrogen and oxygen atoms in total. The molecule has 0 aliphatic rings. The van der Waals surface area contributed by atoms with Gasteiger partial charge in [-0.15, -0.1) is 0 Å². The number of hydrogen-bond donors (Lipinski definition) is 4. The van der Waals surface area contributed by atoms with Crippen molar-refractivity contribution in [2.45, 2.75) is 38.6 Å². The number of nitrogens with two attached hydrogens (primary N) is 1. The molecule has 0 aliphatic heterocycles. The molecule has 1 aromatic carbocycles. The summed E-state index contributed by atoms with van der Waals surface area (Å²) in [5.74, 6) is -0.962. The fourth-order valence-corrected chi connectivity index (χ4v) is 1.96. The van der Waals surface area contributed by atoms with Crippen molar-refractivity contribution >= 4 is 23.6 Å². The molecule has 3 amide bonds. The zero-order valence-corrected chi connectivity index (χ0v) is 12.5. The number of primary amides is 1. The van der Waals surface area contributed by atoms with Crippen LogP contribution in [0.1, 0.15) is 44.2 Å². The summed E-state index contributed by atoms with van der Waals surface area (Å²) in [4.78, 5) is 32.8. The Hall–Kier alpha value is -2.57. The molecule has 0 radical (unpaired) electrons. The average molecular weight is 307 g/mol. The topological polar surface area (TPSA) is 122 Å². The van der Waals surface area contributed by atoms with E-state index in [0.717, 1.165) is 5.56 Å². The molecule has 1 unspecified atom stereocenters. The van der Waals surface area contributed by atoms with Gasteiger partial charge in [-0.2, -0.15) is 0 Å². The van der Waals surface area contributed by atoms with Gasteiger partial charge in [-0.3, -0.25) is 9.59 Å². The highest BCUT2D eigenvalue weighted by Gasteiger charge is 2.10. The highest BCUT2D eigenvalue weighted by atomic mass is 16.4. The molecule has 0 fully saturated rings. The van der Waals surface area contributed by atoms with Gasteiger partial charge in [0, 0.05) is 18.5 Å². The smallest absolute Gasteiger partial charge is 0.316 e. The first-order valence-electron chi connectivity index (χ1n) is 7.06.